The maximum atomic E-state index is 13.7. The minimum absolute atomic E-state index is 0.0349. The van der Waals surface area contributed by atoms with E-state index in [0.29, 0.717) is 10.9 Å². The summed E-state index contributed by atoms with van der Waals surface area (Å²) < 4.78 is 14.8. The fraction of sp³-hybridized carbons (Fsp3) is 0.167. The van der Waals surface area contributed by atoms with E-state index in [1.165, 1.54) is 28.8 Å². The Balaban J connectivity index is 1.79. The highest BCUT2D eigenvalue weighted by atomic mass is 127. The minimum atomic E-state index is -0.666. The van der Waals surface area contributed by atoms with Crippen molar-refractivity contribution in [1.82, 2.24) is 4.90 Å². The molecule has 5 nitrogen and oxygen atoms in total. The van der Waals surface area contributed by atoms with E-state index in [9.17, 15) is 14.0 Å². The Kier molecular flexibility index (Phi) is 5.92. The Morgan fingerprint density at radius 3 is 2.65 bits per heavy atom. The van der Waals surface area contributed by atoms with Gasteiger partial charge in [-0.2, -0.15) is 0 Å². The van der Waals surface area contributed by atoms with E-state index in [-0.39, 0.29) is 18.0 Å². The van der Waals surface area contributed by atoms with E-state index in [4.69, 9.17) is 0 Å². The van der Waals surface area contributed by atoms with Crippen LogP contribution < -0.4 is 5.32 Å². The number of hydrogen-bond acceptors (Lipinski definition) is 4. The van der Waals surface area contributed by atoms with Gasteiger partial charge in [0, 0.05) is 17.0 Å². The third-order valence-corrected chi connectivity index (χ3v) is 5.70. The van der Waals surface area contributed by atoms with Crippen molar-refractivity contribution in [1.29, 1.82) is 0 Å². The molecule has 134 valence electrons. The van der Waals surface area contributed by atoms with Gasteiger partial charge in [-0.1, -0.05) is 23.9 Å². The Bertz CT molecular complexity index is 873. The van der Waals surface area contributed by atoms with Gasteiger partial charge in [-0.3, -0.25) is 14.5 Å². The lowest BCUT2D eigenvalue weighted by atomic mass is 10.2. The first-order chi connectivity index (χ1) is 12.4. The quantitative estimate of drug-likeness (QED) is 0.672. The molecule has 1 atom stereocenters. The van der Waals surface area contributed by atoms with Crippen LogP contribution in [-0.4, -0.2) is 34.2 Å². The van der Waals surface area contributed by atoms with Gasteiger partial charge in [-0.05, 0) is 59.0 Å². The summed E-state index contributed by atoms with van der Waals surface area (Å²) in [5, 5.41) is 2.32. The first-order valence-corrected chi connectivity index (χ1v) is 9.73. The summed E-state index contributed by atoms with van der Waals surface area (Å²) in [4.78, 5) is 30.7. The number of benzene rings is 2. The number of nitrogens with zero attached hydrogens (tertiary/aromatic N) is 2. The molecule has 1 heterocycles. The molecule has 2 aromatic rings. The predicted molar refractivity (Wildman–Crippen MR) is 110 cm³/mol. The lowest BCUT2D eigenvalue weighted by Crippen LogP contribution is -2.43. The summed E-state index contributed by atoms with van der Waals surface area (Å²) in [7, 11) is 1.63. The van der Waals surface area contributed by atoms with Crippen molar-refractivity contribution in [2.45, 2.75) is 11.7 Å². The number of amidine groups is 1. The van der Waals surface area contributed by atoms with E-state index in [1.807, 2.05) is 24.3 Å². The van der Waals surface area contributed by atoms with Crippen LogP contribution >= 0.6 is 34.4 Å². The molecule has 0 aromatic heterocycles. The smallest absolute Gasteiger partial charge is 0.238 e. The largest absolute Gasteiger partial charge is 0.323 e. The lowest BCUT2D eigenvalue weighted by Gasteiger charge is -2.28. The average molecular weight is 483 g/mol. The van der Waals surface area contributed by atoms with Crippen molar-refractivity contribution in [2.75, 3.05) is 12.4 Å². The maximum Gasteiger partial charge on any atom is 0.238 e. The van der Waals surface area contributed by atoms with Gasteiger partial charge >= 0.3 is 0 Å². The average Bonchev–Trinajstić information content (AvgIpc) is 2.62. The topological polar surface area (TPSA) is 61.8 Å². The molecule has 1 unspecified atom stereocenters. The van der Waals surface area contributed by atoms with Crippen molar-refractivity contribution in [2.24, 2.45) is 4.99 Å². The molecule has 0 aliphatic carbocycles. The van der Waals surface area contributed by atoms with Crippen LogP contribution in [0.2, 0.25) is 0 Å². The number of carbonyl (C=O) groups excluding carboxylic acids is 2. The summed E-state index contributed by atoms with van der Waals surface area (Å²) in [5.41, 5.74) is 0.795. The van der Waals surface area contributed by atoms with Gasteiger partial charge in [0.05, 0.1) is 11.4 Å². The zero-order valence-electron chi connectivity index (χ0n) is 13.8. The van der Waals surface area contributed by atoms with Gasteiger partial charge in [0.15, 0.2) is 5.17 Å². The molecule has 0 radical (unpaired) electrons. The van der Waals surface area contributed by atoms with Gasteiger partial charge in [0.2, 0.25) is 11.8 Å². The van der Waals surface area contributed by atoms with Crippen LogP contribution in [-0.2, 0) is 9.59 Å². The summed E-state index contributed by atoms with van der Waals surface area (Å²) in [6.07, 6.45) is 0.0349. The number of para-hydroxylation sites is 1. The van der Waals surface area contributed by atoms with Crippen LogP contribution in [0.5, 0.6) is 0 Å². The number of thioether (sulfide) groups is 1. The van der Waals surface area contributed by atoms with Crippen LogP contribution in [0, 0.1) is 9.39 Å². The molecule has 8 heteroatoms. The second-order valence-electron chi connectivity index (χ2n) is 5.60. The lowest BCUT2D eigenvalue weighted by molar-refractivity contribution is -0.128. The predicted octanol–water partition coefficient (Wildman–Crippen LogP) is 4.02. The van der Waals surface area contributed by atoms with Gasteiger partial charge in [0.1, 0.15) is 11.1 Å². The van der Waals surface area contributed by atoms with Gasteiger partial charge in [0.25, 0.3) is 0 Å². The molecule has 3 rings (SSSR count). The van der Waals surface area contributed by atoms with Crippen molar-refractivity contribution >= 4 is 62.7 Å². The van der Waals surface area contributed by atoms with Gasteiger partial charge in [-0.15, -0.1) is 0 Å². The number of hydrogen-bond donors (Lipinski definition) is 1. The molecule has 1 saturated heterocycles. The Morgan fingerprint density at radius 2 is 1.96 bits per heavy atom. The molecular weight excluding hydrogens is 468 g/mol. The molecule has 2 aromatic carbocycles. The number of carbonyl (C=O) groups is 2. The van der Waals surface area contributed by atoms with Crippen LogP contribution in [0.1, 0.15) is 6.42 Å². The molecule has 2 amide bonds. The number of nitrogens with one attached hydrogen (secondary N) is 1. The second kappa shape index (κ2) is 8.17. The first kappa shape index (κ1) is 18.8. The highest BCUT2D eigenvalue weighted by Crippen LogP contribution is 2.29. The maximum absolute atomic E-state index is 13.7. The molecule has 1 aliphatic heterocycles. The SMILES string of the molecule is CN1C(=O)CC(C(=O)Nc2ccccc2F)SC1=Nc1ccc(I)cc1. The molecule has 1 N–H and O–H groups in total. The van der Waals surface area contributed by atoms with Crippen LogP contribution in [0.3, 0.4) is 0 Å². The van der Waals surface area contributed by atoms with Crippen LogP contribution in [0.15, 0.2) is 53.5 Å². The standard InChI is InChI=1S/C18H15FIN3O2S/c1-23-16(24)10-15(17(25)22-14-5-3-2-4-13(14)19)26-18(23)21-12-8-6-11(20)7-9-12/h2-9,15H,10H2,1H3,(H,22,25). The van der Waals surface area contributed by atoms with E-state index < -0.39 is 17.0 Å². The summed E-state index contributed by atoms with van der Waals surface area (Å²) in [5.74, 6) is -1.14. The van der Waals surface area contributed by atoms with Gasteiger partial charge in [-0.25, -0.2) is 9.38 Å². The highest BCUT2D eigenvalue weighted by Gasteiger charge is 2.34. The first-order valence-electron chi connectivity index (χ1n) is 7.77. The number of halogens is 2. The molecule has 26 heavy (non-hydrogen) atoms. The van der Waals surface area contributed by atoms with Gasteiger partial charge < -0.3 is 5.32 Å². The zero-order valence-corrected chi connectivity index (χ0v) is 16.8. The van der Waals surface area contributed by atoms with Crippen LogP contribution in [0.25, 0.3) is 0 Å². The third kappa shape index (κ3) is 4.42. The second-order valence-corrected chi connectivity index (χ2v) is 8.02. The molecule has 1 aliphatic rings. The molecule has 0 saturated carbocycles. The highest BCUT2D eigenvalue weighted by molar-refractivity contribution is 14.1. The Morgan fingerprint density at radius 1 is 1.27 bits per heavy atom. The van der Waals surface area contributed by atoms with E-state index in [0.717, 1.165) is 3.57 Å². The summed E-state index contributed by atoms with van der Waals surface area (Å²) in [6, 6.07) is 13.4. The molecule has 1 fully saturated rings. The van der Waals surface area contributed by atoms with Crippen molar-refractivity contribution in [3.63, 3.8) is 0 Å². The van der Waals surface area contributed by atoms with Crippen molar-refractivity contribution < 1.29 is 14.0 Å². The summed E-state index contributed by atoms with van der Waals surface area (Å²) in [6.45, 7) is 0. The number of aliphatic imine (C=N–C) groups is 1. The van der Waals surface area contributed by atoms with E-state index >= 15 is 0 Å². The Labute approximate surface area is 168 Å². The Hall–Kier alpha value is -1.94. The number of amides is 2. The van der Waals surface area contributed by atoms with Crippen LogP contribution in [0.4, 0.5) is 15.8 Å². The van der Waals surface area contributed by atoms with Crippen molar-refractivity contribution in [3.05, 3.63) is 57.9 Å². The van der Waals surface area contributed by atoms with E-state index in [2.05, 4.69) is 32.9 Å². The monoisotopic (exact) mass is 483 g/mol. The third-order valence-electron chi connectivity index (χ3n) is 3.74. The zero-order chi connectivity index (χ0) is 18.7. The molecule has 0 spiro atoms. The molecular formula is C18H15FIN3O2S. The number of rotatable bonds is 3. The fourth-order valence-corrected chi connectivity index (χ4v) is 3.72. The fourth-order valence-electron chi connectivity index (χ4n) is 2.30. The molecule has 0 bridgehead atoms. The van der Waals surface area contributed by atoms with Crippen molar-refractivity contribution in [3.8, 4) is 0 Å². The van der Waals surface area contributed by atoms with E-state index in [1.54, 1.807) is 19.2 Å². The minimum Gasteiger partial charge on any atom is -0.323 e. The normalized spacial score (nSPS) is 18.9. The summed E-state index contributed by atoms with van der Waals surface area (Å²) >= 11 is 3.39. The number of anilines is 1.